The number of aromatic nitrogens is 2. The van der Waals surface area contributed by atoms with Crippen molar-refractivity contribution in [3.8, 4) is 0 Å². The number of hydrogen-bond donors (Lipinski definition) is 2. The molecule has 0 saturated carbocycles. The molecule has 0 saturated heterocycles. The molecule has 0 amide bonds. The number of hydrogen-bond acceptors (Lipinski definition) is 4. The summed E-state index contributed by atoms with van der Waals surface area (Å²) in [5.74, 6) is 0. The maximum Gasteiger partial charge on any atom is 0.163 e. The number of rotatable bonds is 5. The van der Waals surface area contributed by atoms with Crippen LogP contribution in [0.5, 0.6) is 0 Å². The van der Waals surface area contributed by atoms with E-state index in [1.165, 1.54) is 0 Å². The topological polar surface area (TPSA) is 108 Å². The first kappa shape index (κ1) is 11.8. The van der Waals surface area contributed by atoms with Gasteiger partial charge in [0.15, 0.2) is 18.4 Å². The van der Waals surface area contributed by atoms with Crippen molar-refractivity contribution in [1.82, 2.24) is 14.1 Å². The first-order chi connectivity index (χ1) is 8.54. The zero-order chi connectivity index (χ0) is 13.1. The first-order valence-electron chi connectivity index (χ1n) is 5.26. The summed E-state index contributed by atoms with van der Waals surface area (Å²) < 4.78 is 3.29. The molecule has 0 atom stereocenters. The molecule has 0 aromatic carbocycles. The van der Waals surface area contributed by atoms with E-state index < -0.39 is 5.03 Å². The van der Waals surface area contributed by atoms with Crippen molar-refractivity contribution in [3.05, 3.63) is 47.0 Å². The van der Waals surface area contributed by atoms with Crippen molar-refractivity contribution >= 4 is 11.4 Å². The van der Waals surface area contributed by atoms with Crippen molar-refractivity contribution in [1.29, 1.82) is 0 Å². The van der Waals surface area contributed by atoms with Crippen LogP contribution in [-0.4, -0.2) is 19.2 Å². The van der Waals surface area contributed by atoms with E-state index in [0.29, 0.717) is 11.4 Å². The predicted octanol–water partition coefficient (Wildman–Crippen LogP) is 0.563. The fourth-order valence-corrected chi connectivity index (χ4v) is 1.62. The van der Waals surface area contributed by atoms with E-state index in [-0.39, 0.29) is 13.3 Å². The van der Waals surface area contributed by atoms with Gasteiger partial charge in [0.1, 0.15) is 0 Å². The van der Waals surface area contributed by atoms with E-state index in [1.54, 1.807) is 46.1 Å². The molecule has 0 aliphatic carbocycles. The van der Waals surface area contributed by atoms with Crippen LogP contribution in [0.15, 0.2) is 36.9 Å². The predicted molar refractivity (Wildman–Crippen MR) is 66.5 cm³/mol. The summed E-state index contributed by atoms with van der Waals surface area (Å²) >= 11 is 0. The SMILES string of the molecule is Nc1ccn(CN(Cn2ccc(N)c2)[N+](=O)[O-])c1. The minimum atomic E-state index is -0.452. The number of nitrogen functional groups attached to an aromatic ring is 2. The Morgan fingerprint density at radius 1 is 1.11 bits per heavy atom. The van der Waals surface area contributed by atoms with Crippen molar-refractivity contribution in [2.45, 2.75) is 13.3 Å². The Labute approximate surface area is 103 Å². The zero-order valence-corrected chi connectivity index (χ0v) is 9.64. The van der Waals surface area contributed by atoms with Crippen LogP contribution >= 0.6 is 0 Å². The summed E-state index contributed by atoms with van der Waals surface area (Å²) in [6.45, 7) is 0.227. The molecule has 0 bridgehead atoms. The maximum absolute atomic E-state index is 11.0. The van der Waals surface area contributed by atoms with Crippen LogP contribution in [0.3, 0.4) is 0 Å². The van der Waals surface area contributed by atoms with E-state index in [9.17, 15) is 10.1 Å². The highest BCUT2D eigenvalue weighted by molar-refractivity contribution is 5.34. The lowest BCUT2D eigenvalue weighted by Crippen LogP contribution is -2.33. The van der Waals surface area contributed by atoms with Gasteiger partial charge in [-0.25, -0.2) is 10.1 Å². The monoisotopic (exact) mass is 250 g/mol. The Hall–Kier alpha value is -2.64. The molecule has 0 unspecified atom stereocenters. The van der Waals surface area contributed by atoms with Crippen LogP contribution in [0.25, 0.3) is 0 Å². The Morgan fingerprint density at radius 2 is 1.56 bits per heavy atom. The average Bonchev–Trinajstić information content (AvgIpc) is 2.87. The van der Waals surface area contributed by atoms with Crippen LogP contribution in [0.1, 0.15) is 0 Å². The molecule has 2 heterocycles. The molecular formula is C10H14N6O2. The summed E-state index contributed by atoms with van der Waals surface area (Å²) in [4.78, 5) is 11.0. The maximum atomic E-state index is 11.0. The van der Waals surface area contributed by atoms with Crippen molar-refractivity contribution in [2.75, 3.05) is 11.5 Å². The van der Waals surface area contributed by atoms with Gasteiger partial charge in [-0.3, -0.25) is 0 Å². The van der Waals surface area contributed by atoms with Crippen LogP contribution in [-0.2, 0) is 13.3 Å². The van der Waals surface area contributed by atoms with Gasteiger partial charge in [-0.05, 0) is 12.1 Å². The third-order valence-corrected chi connectivity index (χ3v) is 2.43. The van der Waals surface area contributed by atoms with Crippen LogP contribution in [0, 0.1) is 10.1 Å². The Kier molecular flexibility index (Phi) is 3.09. The van der Waals surface area contributed by atoms with E-state index in [2.05, 4.69) is 0 Å². The fraction of sp³-hybridized carbons (Fsp3) is 0.200. The lowest BCUT2D eigenvalue weighted by molar-refractivity contribution is -0.670. The summed E-state index contributed by atoms with van der Waals surface area (Å²) in [5, 5.41) is 11.6. The van der Waals surface area contributed by atoms with Gasteiger partial charge in [0.2, 0.25) is 0 Å². The molecule has 2 rings (SSSR count). The van der Waals surface area contributed by atoms with Gasteiger partial charge in [0, 0.05) is 36.2 Å². The molecule has 18 heavy (non-hydrogen) atoms. The number of nitrogens with two attached hydrogens (primary N) is 2. The Bertz CT molecular complexity index is 504. The van der Waals surface area contributed by atoms with Gasteiger partial charge in [-0.1, -0.05) is 5.01 Å². The van der Waals surface area contributed by atoms with Gasteiger partial charge in [0.25, 0.3) is 0 Å². The quantitative estimate of drug-likeness (QED) is 0.595. The van der Waals surface area contributed by atoms with Crippen molar-refractivity contribution in [3.63, 3.8) is 0 Å². The molecule has 96 valence electrons. The van der Waals surface area contributed by atoms with Gasteiger partial charge in [0.05, 0.1) is 0 Å². The van der Waals surface area contributed by atoms with Crippen LogP contribution in [0.2, 0.25) is 0 Å². The van der Waals surface area contributed by atoms with Crippen molar-refractivity contribution < 1.29 is 5.03 Å². The highest BCUT2D eigenvalue weighted by Gasteiger charge is 2.15. The second kappa shape index (κ2) is 4.70. The minimum Gasteiger partial charge on any atom is -0.398 e. The molecule has 4 N–H and O–H groups in total. The molecule has 8 heteroatoms. The molecular weight excluding hydrogens is 236 g/mol. The zero-order valence-electron chi connectivity index (χ0n) is 9.64. The third kappa shape index (κ3) is 2.73. The minimum absolute atomic E-state index is 0.113. The number of nitro groups is 1. The highest BCUT2D eigenvalue weighted by Crippen LogP contribution is 2.07. The van der Waals surface area contributed by atoms with Gasteiger partial charge in [-0.2, -0.15) is 0 Å². The van der Waals surface area contributed by atoms with E-state index in [0.717, 1.165) is 5.01 Å². The molecule has 0 fully saturated rings. The van der Waals surface area contributed by atoms with Crippen molar-refractivity contribution in [2.24, 2.45) is 0 Å². The lowest BCUT2D eigenvalue weighted by atomic mass is 10.6. The second-order valence-corrected chi connectivity index (χ2v) is 3.95. The average molecular weight is 250 g/mol. The Balaban J connectivity index is 2.06. The van der Waals surface area contributed by atoms with E-state index in [1.807, 2.05) is 0 Å². The largest absolute Gasteiger partial charge is 0.398 e. The molecule has 0 spiro atoms. The number of hydrazine groups is 1. The molecule has 0 aliphatic heterocycles. The lowest BCUT2D eigenvalue weighted by Gasteiger charge is -2.15. The number of nitrogens with zero attached hydrogens (tertiary/aromatic N) is 4. The number of anilines is 2. The third-order valence-electron chi connectivity index (χ3n) is 2.43. The molecule has 0 aliphatic rings. The van der Waals surface area contributed by atoms with Gasteiger partial charge >= 0.3 is 0 Å². The highest BCUT2D eigenvalue weighted by atomic mass is 16.7. The normalized spacial score (nSPS) is 10.4. The smallest absolute Gasteiger partial charge is 0.163 e. The van der Waals surface area contributed by atoms with Gasteiger partial charge < -0.3 is 20.6 Å². The summed E-state index contributed by atoms with van der Waals surface area (Å²) in [6, 6.07) is 3.37. The standard InChI is InChI=1S/C10H14N6O2/c11-9-1-3-13(5-9)7-15(16(17)18)8-14-4-2-10(12)6-14/h1-6H,7-8,11-12H2. The molecule has 0 radical (unpaired) electrons. The van der Waals surface area contributed by atoms with Gasteiger partial charge in [-0.15, -0.1) is 0 Å². The molecule has 2 aromatic heterocycles. The molecule has 8 nitrogen and oxygen atoms in total. The van der Waals surface area contributed by atoms with E-state index in [4.69, 9.17) is 11.5 Å². The fourth-order valence-electron chi connectivity index (χ4n) is 1.62. The van der Waals surface area contributed by atoms with Crippen LogP contribution in [0.4, 0.5) is 11.4 Å². The first-order valence-corrected chi connectivity index (χ1v) is 5.26. The molecule has 2 aromatic rings. The second-order valence-electron chi connectivity index (χ2n) is 3.95. The summed E-state index contributed by atoms with van der Waals surface area (Å²) in [6.07, 6.45) is 6.66. The van der Waals surface area contributed by atoms with E-state index >= 15 is 0 Å². The summed E-state index contributed by atoms with van der Waals surface area (Å²) in [7, 11) is 0. The van der Waals surface area contributed by atoms with Crippen LogP contribution < -0.4 is 11.5 Å². The summed E-state index contributed by atoms with van der Waals surface area (Å²) in [5.41, 5.74) is 12.3. The Morgan fingerprint density at radius 3 is 1.83 bits per heavy atom.